The lowest BCUT2D eigenvalue weighted by atomic mass is 10.2. The number of aromatic amines is 1. The number of nitrogens with one attached hydrogen (secondary N) is 2. The Bertz CT molecular complexity index is 509. The number of carbonyl (C=O) groups is 1. The SMILES string of the molecule is O=C(CCCCBr)Nc1cccc2cn[nH]c12. The summed E-state index contributed by atoms with van der Waals surface area (Å²) in [7, 11) is 0. The van der Waals surface area contributed by atoms with Crippen molar-refractivity contribution in [1.29, 1.82) is 0 Å². The van der Waals surface area contributed by atoms with Gasteiger partial charge in [0.25, 0.3) is 0 Å². The number of para-hydroxylation sites is 1. The molecule has 0 aliphatic carbocycles. The second-order valence-electron chi connectivity index (χ2n) is 3.83. The van der Waals surface area contributed by atoms with Crippen LogP contribution in [0.3, 0.4) is 0 Å². The minimum Gasteiger partial charge on any atom is -0.324 e. The third-order valence-corrected chi connectivity index (χ3v) is 3.10. The molecular weight excluding hydrogens is 282 g/mol. The first kappa shape index (κ1) is 12.1. The average Bonchev–Trinajstić information content (AvgIpc) is 2.78. The highest BCUT2D eigenvalue weighted by Gasteiger charge is 2.06. The summed E-state index contributed by atoms with van der Waals surface area (Å²) < 4.78 is 0. The molecule has 0 unspecified atom stereocenters. The second kappa shape index (κ2) is 5.82. The van der Waals surface area contributed by atoms with Crippen LogP contribution in [0, 0.1) is 0 Å². The molecule has 1 amide bonds. The van der Waals surface area contributed by atoms with E-state index in [0.717, 1.165) is 34.8 Å². The van der Waals surface area contributed by atoms with Gasteiger partial charge in [-0.25, -0.2) is 0 Å². The van der Waals surface area contributed by atoms with Gasteiger partial charge >= 0.3 is 0 Å². The molecule has 5 heteroatoms. The third kappa shape index (κ3) is 3.06. The van der Waals surface area contributed by atoms with Gasteiger partial charge in [0.2, 0.25) is 5.91 Å². The predicted octanol–water partition coefficient (Wildman–Crippen LogP) is 3.07. The molecule has 0 bridgehead atoms. The number of fused-ring (bicyclic) bond motifs is 1. The molecule has 1 aromatic carbocycles. The zero-order valence-electron chi connectivity index (χ0n) is 9.37. The number of nitrogens with zero attached hydrogens (tertiary/aromatic N) is 1. The number of alkyl halides is 1. The molecule has 1 aromatic heterocycles. The van der Waals surface area contributed by atoms with Crippen molar-refractivity contribution in [2.45, 2.75) is 19.3 Å². The molecular formula is C12H14BrN3O. The van der Waals surface area contributed by atoms with E-state index < -0.39 is 0 Å². The number of aromatic nitrogens is 2. The maximum absolute atomic E-state index is 11.7. The number of unbranched alkanes of at least 4 members (excludes halogenated alkanes) is 1. The Labute approximate surface area is 108 Å². The maximum Gasteiger partial charge on any atom is 0.224 e. The molecule has 2 rings (SSSR count). The molecule has 2 aromatic rings. The number of hydrogen-bond acceptors (Lipinski definition) is 2. The van der Waals surface area contributed by atoms with Crippen molar-refractivity contribution in [2.24, 2.45) is 0 Å². The van der Waals surface area contributed by atoms with Gasteiger partial charge in [0, 0.05) is 17.1 Å². The van der Waals surface area contributed by atoms with Crippen LogP contribution < -0.4 is 5.32 Å². The van der Waals surface area contributed by atoms with Gasteiger partial charge in [-0.2, -0.15) is 5.10 Å². The number of anilines is 1. The van der Waals surface area contributed by atoms with E-state index in [2.05, 4.69) is 31.4 Å². The first-order chi connectivity index (χ1) is 8.31. The van der Waals surface area contributed by atoms with Crippen LogP contribution in [0.5, 0.6) is 0 Å². The van der Waals surface area contributed by atoms with E-state index in [1.807, 2.05) is 18.2 Å². The zero-order valence-corrected chi connectivity index (χ0v) is 11.0. The number of benzene rings is 1. The fraction of sp³-hybridized carbons (Fsp3) is 0.333. The lowest BCUT2D eigenvalue weighted by molar-refractivity contribution is -0.116. The highest BCUT2D eigenvalue weighted by atomic mass is 79.9. The highest BCUT2D eigenvalue weighted by Crippen LogP contribution is 2.20. The van der Waals surface area contributed by atoms with Crippen LogP contribution in [0.25, 0.3) is 10.9 Å². The molecule has 4 nitrogen and oxygen atoms in total. The Morgan fingerprint density at radius 3 is 3.12 bits per heavy atom. The van der Waals surface area contributed by atoms with Gasteiger partial charge < -0.3 is 5.32 Å². The number of amides is 1. The third-order valence-electron chi connectivity index (χ3n) is 2.54. The average molecular weight is 296 g/mol. The lowest BCUT2D eigenvalue weighted by Gasteiger charge is -2.05. The molecule has 0 aliphatic rings. The first-order valence-electron chi connectivity index (χ1n) is 5.59. The van der Waals surface area contributed by atoms with Gasteiger partial charge in [-0.3, -0.25) is 9.89 Å². The van der Waals surface area contributed by atoms with Gasteiger partial charge in [-0.15, -0.1) is 0 Å². The Kier molecular flexibility index (Phi) is 4.14. The van der Waals surface area contributed by atoms with E-state index in [9.17, 15) is 4.79 Å². The molecule has 0 saturated carbocycles. The second-order valence-corrected chi connectivity index (χ2v) is 4.63. The van der Waals surface area contributed by atoms with Gasteiger partial charge in [-0.1, -0.05) is 28.1 Å². The van der Waals surface area contributed by atoms with Gasteiger partial charge in [0.1, 0.15) is 0 Å². The number of hydrogen-bond donors (Lipinski definition) is 2. The van der Waals surface area contributed by atoms with E-state index in [0.29, 0.717) is 6.42 Å². The molecule has 0 aliphatic heterocycles. The van der Waals surface area contributed by atoms with E-state index in [1.165, 1.54) is 0 Å². The summed E-state index contributed by atoms with van der Waals surface area (Å²) in [5.41, 5.74) is 1.67. The molecule has 0 radical (unpaired) electrons. The Morgan fingerprint density at radius 1 is 1.41 bits per heavy atom. The largest absolute Gasteiger partial charge is 0.324 e. The number of H-pyrrole nitrogens is 1. The fourth-order valence-electron chi connectivity index (χ4n) is 1.67. The normalized spacial score (nSPS) is 10.6. The number of halogens is 1. The van der Waals surface area contributed by atoms with Crippen molar-refractivity contribution in [3.8, 4) is 0 Å². The quantitative estimate of drug-likeness (QED) is 0.658. The monoisotopic (exact) mass is 295 g/mol. The molecule has 0 spiro atoms. The van der Waals surface area contributed by atoms with Crippen LogP contribution in [0.2, 0.25) is 0 Å². The zero-order chi connectivity index (χ0) is 12.1. The van der Waals surface area contributed by atoms with Crippen LogP contribution in [-0.4, -0.2) is 21.4 Å². The van der Waals surface area contributed by atoms with Crippen LogP contribution in [0.15, 0.2) is 24.4 Å². The van der Waals surface area contributed by atoms with E-state index in [4.69, 9.17) is 0 Å². The first-order valence-corrected chi connectivity index (χ1v) is 6.71. The van der Waals surface area contributed by atoms with Gasteiger partial charge in [0.05, 0.1) is 17.4 Å². The predicted molar refractivity (Wildman–Crippen MR) is 72.4 cm³/mol. The van der Waals surface area contributed by atoms with E-state index in [-0.39, 0.29) is 5.91 Å². The Balaban J connectivity index is 2.03. The van der Waals surface area contributed by atoms with Crippen LogP contribution in [0.4, 0.5) is 5.69 Å². The van der Waals surface area contributed by atoms with Gasteiger partial charge in [0.15, 0.2) is 0 Å². The fourth-order valence-corrected chi connectivity index (χ4v) is 2.06. The minimum absolute atomic E-state index is 0.0491. The van der Waals surface area contributed by atoms with Gasteiger partial charge in [-0.05, 0) is 18.9 Å². The molecule has 0 atom stereocenters. The summed E-state index contributed by atoms with van der Waals surface area (Å²) in [5, 5.41) is 11.7. The molecule has 90 valence electrons. The maximum atomic E-state index is 11.7. The summed E-state index contributed by atoms with van der Waals surface area (Å²) >= 11 is 3.35. The summed E-state index contributed by atoms with van der Waals surface area (Å²) in [6, 6.07) is 5.74. The summed E-state index contributed by atoms with van der Waals surface area (Å²) in [6.45, 7) is 0. The Hall–Kier alpha value is -1.36. The summed E-state index contributed by atoms with van der Waals surface area (Å²) in [4.78, 5) is 11.7. The van der Waals surface area contributed by atoms with Crippen LogP contribution in [-0.2, 0) is 4.79 Å². The lowest BCUT2D eigenvalue weighted by Crippen LogP contribution is -2.11. The van der Waals surface area contributed by atoms with E-state index >= 15 is 0 Å². The van der Waals surface area contributed by atoms with Crippen molar-refractivity contribution >= 4 is 38.4 Å². The molecule has 2 N–H and O–H groups in total. The van der Waals surface area contributed by atoms with Crippen molar-refractivity contribution in [3.63, 3.8) is 0 Å². The Morgan fingerprint density at radius 2 is 2.29 bits per heavy atom. The number of carbonyl (C=O) groups excluding carboxylic acids is 1. The van der Waals surface area contributed by atoms with Crippen molar-refractivity contribution in [1.82, 2.24) is 10.2 Å². The molecule has 0 fully saturated rings. The minimum atomic E-state index is 0.0491. The molecule has 0 saturated heterocycles. The smallest absolute Gasteiger partial charge is 0.224 e. The summed E-state index contributed by atoms with van der Waals surface area (Å²) in [5.74, 6) is 0.0491. The van der Waals surface area contributed by atoms with Crippen LogP contribution in [0.1, 0.15) is 19.3 Å². The van der Waals surface area contributed by atoms with Crippen molar-refractivity contribution in [2.75, 3.05) is 10.6 Å². The molecule has 17 heavy (non-hydrogen) atoms. The summed E-state index contributed by atoms with van der Waals surface area (Å²) in [6.07, 6.45) is 4.21. The highest BCUT2D eigenvalue weighted by molar-refractivity contribution is 9.09. The number of rotatable bonds is 5. The van der Waals surface area contributed by atoms with Crippen LogP contribution >= 0.6 is 15.9 Å². The van der Waals surface area contributed by atoms with Crippen molar-refractivity contribution < 1.29 is 4.79 Å². The molecule has 1 heterocycles. The standard InChI is InChI=1S/C12H14BrN3O/c13-7-2-1-6-11(17)15-10-5-3-4-9-8-14-16-12(9)10/h3-5,8H,1-2,6-7H2,(H,14,16)(H,15,17). The van der Waals surface area contributed by atoms with E-state index in [1.54, 1.807) is 6.20 Å². The topological polar surface area (TPSA) is 57.8 Å². The van der Waals surface area contributed by atoms with Crippen molar-refractivity contribution in [3.05, 3.63) is 24.4 Å².